The quantitative estimate of drug-likeness (QED) is 0.885. The average Bonchev–Trinajstić information content (AvgIpc) is 2.49. The number of nitrogens with zero attached hydrogens (tertiary/aromatic N) is 1. The summed E-state index contributed by atoms with van der Waals surface area (Å²) in [5.74, 6) is 0.111. The van der Waals surface area contributed by atoms with Crippen LogP contribution in [0.5, 0.6) is 0 Å². The molecule has 3 heteroatoms. The number of carbonyl (C=O) groups excluding carboxylic acids is 1. The normalized spacial score (nSPS) is 10.4. The van der Waals surface area contributed by atoms with Crippen molar-refractivity contribution < 1.29 is 4.79 Å². The lowest BCUT2D eigenvalue weighted by Crippen LogP contribution is -2.34. The van der Waals surface area contributed by atoms with E-state index >= 15 is 0 Å². The molecule has 0 fully saturated rings. The first-order valence-electron chi connectivity index (χ1n) is 7.31. The summed E-state index contributed by atoms with van der Waals surface area (Å²) in [4.78, 5) is 14.5. The number of benzene rings is 2. The lowest BCUT2D eigenvalue weighted by molar-refractivity contribution is -0.118. The molecule has 0 aliphatic heterocycles. The third kappa shape index (κ3) is 4.43. The van der Waals surface area contributed by atoms with E-state index in [1.165, 1.54) is 0 Å². The van der Waals surface area contributed by atoms with Gasteiger partial charge in [-0.25, -0.2) is 0 Å². The zero-order valence-corrected chi connectivity index (χ0v) is 12.5. The van der Waals surface area contributed by atoms with Gasteiger partial charge in [0.25, 0.3) is 0 Å². The van der Waals surface area contributed by atoms with Crippen LogP contribution in [0.2, 0.25) is 0 Å². The average molecular weight is 282 g/mol. The van der Waals surface area contributed by atoms with E-state index < -0.39 is 0 Å². The van der Waals surface area contributed by atoms with E-state index in [9.17, 15) is 4.79 Å². The van der Waals surface area contributed by atoms with E-state index in [0.717, 1.165) is 23.2 Å². The summed E-state index contributed by atoms with van der Waals surface area (Å²) in [5, 5.41) is 0. The monoisotopic (exact) mass is 282 g/mol. The molecule has 0 aromatic heterocycles. The van der Waals surface area contributed by atoms with Gasteiger partial charge in [0, 0.05) is 12.2 Å². The van der Waals surface area contributed by atoms with Gasteiger partial charge in [0.1, 0.15) is 0 Å². The number of carbonyl (C=O) groups is 1. The molecule has 0 bridgehead atoms. The van der Waals surface area contributed by atoms with E-state index in [2.05, 4.69) is 0 Å². The van der Waals surface area contributed by atoms with Gasteiger partial charge in [0.05, 0.1) is 6.42 Å². The van der Waals surface area contributed by atoms with Gasteiger partial charge in [-0.15, -0.1) is 0 Å². The molecule has 2 aromatic carbocycles. The van der Waals surface area contributed by atoms with Crippen molar-refractivity contribution in [2.75, 3.05) is 18.0 Å². The molecule has 0 spiro atoms. The van der Waals surface area contributed by atoms with Crippen LogP contribution in [0.3, 0.4) is 0 Å². The fourth-order valence-electron chi connectivity index (χ4n) is 2.31. The van der Waals surface area contributed by atoms with Crippen molar-refractivity contribution in [3.8, 4) is 0 Å². The van der Waals surface area contributed by atoms with Gasteiger partial charge in [-0.1, -0.05) is 42.5 Å². The van der Waals surface area contributed by atoms with Gasteiger partial charge < -0.3 is 10.6 Å². The summed E-state index contributed by atoms with van der Waals surface area (Å²) >= 11 is 0. The Kier molecular flexibility index (Phi) is 5.52. The maximum absolute atomic E-state index is 12.6. The van der Waals surface area contributed by atoms with Crippen molar-refractivity contribution in [1.82, 2.24) is 0 Å². The third-order valence-electron chi connectivity index (χ3n) is 3.40. The number of amides is 1. The van der Waals surface area contributed by atoms with Crippen LogP contribution >= 0.6 is 0 Å². The van der Waals surface area contributed by atoms with E-state index in [1.54, 1.807) is 0 Å². The Morgan fingerprint density at radius 3 is 2.52 bits per heavy atom. The van der Waals surface area contributed by atoms with E-state index in [1.807, 2.05) is 66.4 Å². The molecule has 2 aromatic rings. The molecule has 2 rings (SSSR count). The molecule has 0 aliphatic carbocycles. The van der Waals surface area contributed by atoms with Crippen molar-refractivity contribution in [1.29, 1.82) is 0 Å². The Hall–Kier alpha value is -2.13. The van der Waals surface area contributed by atoms with Crippen LogP contribution in [-0.2, 0) is 11.2 Å². The number of hydrogen-bond donors (Lipinski definition) is 1. The predicted molar refractivity (Wildman–Crippen MR) is 87.3 cm³/mol. The summed E-state index contributed by atoms with van der Waals surface area (Å²) < 4.78 is 0. The number of aryl methyl sites for hydroxylation is 1. The van der Waals surface area contributed by atoms with Crippen molar-refractivity contribution in [2.45, 2.75) is 19.8 Å². The summed E-state index contributed by atoms with van der Waals surface area (Å²) in [6, 6.07) is 17.9. The SMILES string of the molecule is Cc1cccc(N(CCCN)C(=O)Cc2ccccc2)c1. The smallest absolute Gasteiger partial charge is 0.231 e. The Morgan fingerprint density at radius 2 is 1.86 bits per heavy atom. The van der Waals surface area contributed by atoms with Gasteiger partial charge >= 0.3 is 0 Å². The molecule has 110 valence electrons. The highest BCUT2D eigenvalue weighted by atomic mass is 16.2. The largest absolute Gasteiger partial charge is 0.330 e. The molecule has 0 unspecified atom stereocenters. The second-order valence-electron chi connectivity index (χ2n) is 5.19. The first-order valence-corrected chi connectivity index (χ1v) is 7.31. The van der Waals surface area contributed by atoms with Crippen LogP contribution in [0.25, 0.3) is 0 Å². The highest BCUT2D eigenvalue weighted by molar-refractivity contribution is 5.94. The molecule has 0 saturated heterocycles. The standard InChI is InChI=1S/C18H22N2O/c1-15-7-5-10-17(13-15)20(12-6-11-19)18(21)14-16-8-3-2-4-9-16/h2-5,7-10,13H,6,11-12,14,19H2,1H3. The molecule has 2 N–H and O–H groups in total. The summed E-state index contributed by atoms with van der Waals surface area (Å²) in [5.41, 5.74) is 8.73. The predicted octanol–water partition coefficient (Wildman–Crippen LogP) is 2.92. The Balaban J connectivity index is 2.17. The minimum Gasteiger partial charge on any atom is -0.330 e. The van der Waals surface area contributed by atoms with Gasteiger partial charge in [-0.3, -0.25) is 4.79 Å². The van der Waals surface area contributed by atoms with Crippen LogP contribution in [0.1, 0.15) is 17.5 Å². The highest BCUT2D eigenvalue weighted by Gasteiger charge is 2.15. The lowest BCUT2D eigenvalue weighted by Gasteiger charge is -2.23. The van der Waals surface area contributed by atoms with E-state index in [0.29, 0.717) is 19.5 Å². The van der Waals surface area contributed by atoms with Gasteiger partial charge in [-0.05, 0) is 43.1 Å². The fraction of sp³-hybridized carbons (Fsp3) is 0.278. The minimum atomic E-state index is 0.111. The Labute approximate surface area is 126 Å². The molecule has 0 radical (unpaired) electrons. The van der Waals surface area contributed by atoms with Crippen LogP contribution in [0.15, 0.2) is 54.6 Å². The molecule has 21 heavy (non-hydrogen) atoms. The zero-order chi connectivity index (χ0) is 15.1. The van der Waals surface area contributed by atoms with Gasteiger partial charge in [0.2, 0.25) is 5.91 Å². The summed E-state index contributed by atoms with van der Waals surface area (Å²) in [7, 11) is 0. The number of nitrogens with two attached hydrogens (primary N) is 1. The molecular weight excluding hydrogens is 260 g/mol. The maximum Gasteiger partial charge on any atom is 0.231 e. The molecule has 0 heterocycles. The molecule has 0 saturated carbocycles. The molecular formula is C18H22N2O. The summed E-state index contributed by atoms with van der Waals surface area (Å²) in [6.45, 7) is 3.28. The highest BCUT2D eigenvalue weighted by Crippen LogP contribution is 2.18. The second-order valence-corrected chi connectivity index (χ2v) is 5.19. The minimum absolute atomic E-state index is 0.111. The van der Waals surface area contributed by atoms with Crippen molar-refractivity contribution >= 4 is 11.6 Å². The topological polar surface area (TPSA) is 46.3 Å². The Bertz CT molecular complexity index is 581. The van der Waals surface area contributed by atoms with Gasteiger partial charge in [0.15, 0.2) is 0 Å². The molecule has 0 aliphatic rings. The van der Waals surface area contributed by atoms with Crippen LogP contribution in [0.4, 0.5) is 5.69 Å². The number of hydrogen-bond acceptors (Lipinski definition) is 2. The summed E-state index contributed by atoms with van der Waals surface area (Å²) in [6.07, 6.45) is 1.22. The van der Waals surface area contributed by atoms with Crippen molar-refractivity contribution in [2.24, 2.45) is 5.73 Å². The van der Waals surface area contributed by atoms with Gasteiger partial charge in [-0.2, -0.15) is 0 Å². The zero-order valence-electron chi connectivity index (χ0n) is 12.5. The Morgan fingerprint density at radius 1 is 1.10 bits per heavy atom. The first-order chi connectivity index (χ1) is 10.2. The second kappa shape index (κ2) is 7.60. The van der Waals surface area contributed by atoms with E-state index in [4.69, 9.17) is 5.73 Å². The molecule has 0 atom stereocenters. The van der Waals surface area contributed by atoms with E-state index in [-0.39, 0.29) is 5.91 Å². The van der Waals surface area contributed by atoms with Crippen LogP contribution < -0.4 is 10.6 Å². The molecule has 1 amide bonds. The maximum atomic E-state index is 12.6. The van der Waals surface area contributed by atoms with Crippen molar-refractivity contribution in [3.05, 3.63) is 65.7 Å². The van der Waals surface area contributed by atoms with Crippen LogP contribution in [-0.4, -0.2) is 19.0 Å². The fourth-order valence-corrected chi connectivity index (χ4v) is 2.31. The number of rotatable bonds is 6. The third-order valence-corrected chi connectivity index (χ3v) is 3.40. The molecule has 3 nitrogen and oxygen atoms in total. The lowest BCUT2D eigenvalue weighted by atomic mass is 10.1. The van der Waals surface area contributed by atoms with Crippen molar-refractivity contribution in [3.63, 3.8) is 0 Å². The number of anilines is 1. The first kappa shape index (κ1) is 15.3. The van der Waals surface area contributed by atoms with Crippen LogP contribution in [0, 0.1) is 6.92 Å².